The first-order chi connectivity index (χ1) is 8.19. The molecule has 2 heterocycles. The van der Waals surface area contributed by atoms with Gasteiger partial charge in [-0.2, -0.15) is 5.10 Å². The van der Waals surface area contributed by atoms with Crippen molar-refractivity contribution in [3.8, 4) is 5.75 Å². The topological polar surface area (TPSA) is 57.0 Å². The van der Waals surface area contributed by atoms with Gasteiger partial charge in [0, 0.05) is 12.7 Å². The first-order valence-corrected chi connectivity index (χ1v) is 5.67. The maximum Gasteiger partial charge on any atom is 0.165 e. The van der Waals surface area contributed by atoms with E-state index < -0.39 is 0 Å². The molecule has 0 N–H and O–H groups in total. The molecule has 2 aromatic heterocycles. The molecular formula is C12H15N3O2. The van der Waals surface area contributed by atoms with Gasteiger partial charge in [0.05, 0.1) is 23.8 Å². The highest BCUT2D eigenvalue weighted by Crippen LogP contribution is 2.28. The molecule has 5 heteroatoms. The molecule has 0 saturated carbocycles. The summed E-state index contributed by atoms with van der Waals surface area (Å²) in [6, 6.07) is 0. The molecule has 90 valence electrons. The predicted octanol–water partition coefficient (Wildman–Crippen LogP) is 2.05. The highest BCUT2D eigenvalue weighted by molar-refractivity contribution is 6.01. The highest BCUT2D eigenvalue weighted by atomic mass is 16.5. The van der Waals surface area contributed by atoms with Gasteiger partial charge >= 0.3 is 0 Å². The Hall–Kier alpha value is -1.91. The van der Waals surface area contributed by atoms with Crippen molar-refractivity contribution in [3.05, 3.63) is 18.0 Å². The third-order valence-corrected chi connectivity index (χ3v) is 2.58. The van der Waals surface area contributed by atoms with E-state index >= 15 is 0 Å². The van der Waals surface area contributed by atoms with E-state index in [1.54, 1.807) is 17.1 Å². The Morgan fingerprint density at radius 3 is 2.76 bits per heavy atom. The molecule has 0 saturated heterocycles. The predicted molar refractivity (Wildman–Crippen MR) is 64.4 cm³/mol. The zero-order chi connectivity index (χ0) is 12.4. The molecule has 0 bridgehead atoms. The summed E-state index contributed by atoms with van der Waals surface area (Å²) in [6.07, 6.45) is 3.26. The van der Waals surface area contributed by atoms with Crippen molar-refractivity contribution in [2.75, 3.05) is 6.61 Å². The molecule has 0 aliphatic rings. The summed E-state index contributed by atoms with van der Waals surface area (Å²) < 4.78 is 7.33. The molecule has 5 nitrogen and oxygen atoms in total. The summed E-state index contributed by atoms with van der Waals surface area (Å²) in [5, 5.41) is 5.01. The molecule has 0 unspecified atom stereocenters. The lowest BCUT2D eigenvalue weighted by atomic mass is 10.1. The van der Waals surface area contributed by atoms with Gasteiger partial charge in [-0.05, 0) is 20.8 Å². The largest absolute Gasteiger partial charge is 0.492 e. The van der Waals surface area contributed by atoms with Gasteiger partial charge in [0.1, 0.15) is 5.75 Å². The number of carbonyl (C=O) groups is 1. The van der Waals surface area contributed by atoms with Crippen LogP contribution >= 0.6 is 0 Å². The van der Waals surface area contributed by atoms with Crippen molar-refractivity contribution in [1.29, 1.82) is 0 Å². The summed E-state index contributed by atoms with van der Waals surface area (Å²) in [6.45, 7) is 6.64. The Labute approximate surface area is 99.4 Å². The van der Waals surface area contributed by atoms with E-state index in [2.05, 4.69) is 10.1 Å². The molecule has 0 aromatic carbocycles. The summed E-state index contributed by atoms with van der Waals surface area (Å²) >= 11 is 0. The molecule has 0 radical (unpaired) electrons. The van der Waals surface area contributed by atoms with Crippen LogP contribution in [0, 0.1) is 0 Å². The number of ketones is 1. The van der Waals surface area contributed by atoms with Crippen LogP contribution in [0.3, 0.4) is 0 Å². The second-order valence-corrected chi connectivity index (χ2v) is 3.69. The van der Waals surface area contributed by atoms with E-state index in [9.17, 15) is 4.79 Å². The number of pyridine rings is 1. The first-order valence-electron chi connectivity index (χ1n) is 5.67. The third-order valence-electron chi connectivity index (χ3n) is 2.58. The molecule has 17 heavy (non-hydrogen) atoms. The molecule has 2 rings (SSSR count). The van der Waals surface area contributed by atoms with Crippen molar-refractivity contribution in [1.82, 2.24) is 14.8 Å². The Kier molecular flexibility index (Phi) is 3.08. The molecule has 0 spiro atoms. The standard InChI is InChI=1S/C12H15N3O2/c1-4-15-12-10(7-14-15)11(17-5-2)9(6-13-12)8(3)16/h6-7H,4-5H2,1-3H3. The van der Waals surface area contributed by atoms with Crippen LogP contribution in [0.2, 0.25) is 0 Å². The maximum atomic E-state index is 11.5. The second-order valence-electron chi connectivity index (χ2n) is 3.69. The number of carbonyl (C=O) groups excluding carboxylic acids is 1. The maximum absolute atomic E-state index is 11.5. The van der Waals surface area contributed by atoms with Crippen LogP contribution in [-0.4, -0.2) is 27.2 Å². The normalized spacial score (nSPS) is 10.8. The molecule has 0 aliphatic carbocycles. The number of hydrogen-bond acceptors (Lipinski definition) is 4. The molecule has 2 aromatic rings. The van der Waals surface area contributed by atoms with Crippen LogP contribution in [-0.2, 0) is 6.54 Å². The van der Waals surface area contributed by atoms with E-state index in [0.29, 0.717) is 17.9 Å². The smallest absolute Gasteiger partial charge is 0.165 e. The summed E-state index contributed by atoms with van der Waals surface area (Å²) in [4.78, 5) is 15.8. The SMILES string of the molecule is CCOc1c(C(C)=O)cnc2c1cnn2CC. The second kappa shape index (κ2) is 4.53. The van der Waals surface area contributed by atoms with Crippen LogP contribution in [0.15, 0.2) is 12.4 Å². The fraction of sp³-hybridized carbons (Fsp3) is 0.417. The molecule has 0 aliphatic heterocycles. The quantitative estimate of drug-likeness (QED) is 0.758. The van der Waals surface area contributed by atoms with Crippen molar-refractivity contribution in [2.24, 2.45) is 0 Å². The Bertz CT molecular complexity index is 560. The summed E-state index contributed by atoms with van der Waals surface area (Å²) in [5.41, 5.74) is 1.26. The number of ether oxygens (including phenoxy) is 1. The van der Waals surface area contributed by atoms with E-state index in [1.165, 1.54) is 6.92 Å². The molecule has 0 fully saturated rings. The minimum Gasteiger partial charge on any atom is -0.492 e. The molecule has 0 amide bonds. The van der Waals surface area contributed by atoms with Crippen molar-refractivity contribution >= 4 is 16.8 Å². The van der Waals surface area contributed by atoms with Crippen molar-refractivity contribution < 1.29 is 9.53 Å². The summed E-state index contributed by atoms with van der Waals surface area (Å²) in [5.74, 6) is 0.539. The fourth-order valence-electron chi connectivity index (χ4n) is 1.79. The van der Waals surface area contributed by atoms with Gasteiger partial charge in [-0.25, -0.2) is 9.67 Å². The number of aryl methyl sites for hydroxylation is 1. The van der Waals surface area contributed by atoms with Gasteiger partial charge in [-0.3, -0.25) is 4.79 Å². The van der Waals surface area contributed by atoms with E-state index in [4.69, 9.17) is 4.74 Å². The van der Waals surface area contributed by atoms with E-state index in [-0.39, 0.29) is 5.78 Å². The first kappa shape index (κ1) is 11.6. The average molecular weight is 233 g/mol. The van der Waals surface area contributed by atoms with Crippen LogP contribution in [0.5, 0.6) is 5.75 Å². The van der Waals surface area contributed by atoms with Gasteiger partial charge in [-0.1, -0.05) is 0 Å². The van der Waals surface area contributed by atoms with Gasteiger partial charge in [0.25, 0.3) is 0 Å². The molecular weight excluding hydrogens is 218 g/mol. The molecule has 0 atom stereocenters. The Balaban J connectivity index is 2.70. The minimum absolute atomic E-state index is 0.0490. The zero-order valence-electron chi connectivity index (χ0n) is 10.2. The Morgan fingerprint density at radius 2 is 2.18 bits per heavy atom. The Morgan fingerprint density at radius 1 is 1.41 bits per heavy atom. The monoisotopic (exact) mass is 233 g/mol. The van der Waals surface area contributed by atoms with Crippen LogP contribution in [0.25, 0.3) is 11.0 Å². The minimum atomic E-state index is -0.0490. The zero-order valence-corrected chi connectivity index (χ0v) is 10.2. The lowest BCUT2D eigenvalue weighted by Crippen LogP contribution is -2.03. The summed E-state index contributed by atoms with van der Waals surface area (Å²) in [7, 11) is 0. The van der Waals surface area contributed by atoms with Crippen molar-refractivity contribution in [3.63, 3.8) is 0 Å². The number of nitrogens with zero attached hydrogens (tertiary/aromatic N) is 3. The van der Waals surface area contributed by atoms with Gasteiger partial charge < -0.3 is 4.74 Å². The van der Waals surface area contributed by atoms with Crippen molar-refractivity contribution in [2.45, 2.75) is 27.3 Å². The van der Waals surface area contributed by atoms with Gasteiger partial charge in [0.15, 0.2) is 11.4 Å². The number of aromatic nitrogens is 3. The van der Waals surface area contributed by atoms with Gasteiger partial charge in [-0.15, -0.1) is 0 Å². The highest BCUT2D eigenvalue weighted by Gasteiger charge is 2.16. The van der Waals surface area contributed by atoms with Crippen LogP contribution in [0.4, 0.5) is 0 Å². The fourth-order valence-corrected chi connectivity index (χ4v) is 1.79. The number of fused-ring (bicyclic) bond motifs is 1. The lowest BCUT2D eigenvalue weighted by molar-refractivity contribution is 0.101. The van der Waals surface area contributed by atoms with Gasteiger partial charge in [0.2, 0.25) is 0 Å². The average Bonchev–Trinajstić information content (AvgIpc) is 2.72. The lowest BCUT2D eigenvalue weighted by Gasteiger charge is -2.08. The van der Waals surface area contributed by atoms with Crippen LogP contribution < -0.4 is 4.74 Å². The van der Waals surface area contributed by atoms with E-state index in [0.717, 1.165) is 17.6 Å². The number of rotatable bonds is 4. The van der Waals surface area contributed by atoms with Crippen LogP contribution in [0.1, 0.15) is 31.1 Å². The number of hydrogen-bond donors (Lipinski definition) is 0. The van der Waals surface area contributed by atoms with E-state index in [1.807, 2.05) is 13.8 Å². The number of Topliss-reactive ketones (excluding diaryl/α,β-unsaturated/α-hetero) is 1. The third kappa shape index (κ3) is 1.88.